The van der Waals surface area contributed by atoms with Gasteiger partial charge < -0.3 is 0 Å². The lowest BCUT2D eigenvalue weighted by atomic mass is 9.95. The Balaban J connectivity index is 2.49. The van der Waals surface area contributed by atoms with Gasteiger partial charge in [0.15, 0.2) is 0 Å². The van der Waals surface area contributed by atoms with E-state index in [1.165, 1.54) is 24.0 Å². The minimum Gasteiger partial charge on any atom is -0.155 e. The molecular weight excluding hydrogens is 172 g/mol. The van der Waals surface area contributed by atoms with Gasteiger partial charge in [-0.3, -0.25) is 0 Å². The summed E-state index contributed by atoms with van der Waals surface area (Å²) in [5.41, 5.74) is 5.04. The highest BCUT2D eigenvalue weighted by atomic mass is 15.1. The van der Waals surface area contributed by atoms with E-state index in [1.54, 1.807) is 0 Å². The molecule has 0 aromatic carbocycles. The first kappa shape index (κ1) is 9.38. The van der Waals surface area contributed by atoms with Crippen LogP contribution in [-0.4, -0.2) is 10.2 Å². The van der Waals surface area contributed by atoms with Crippen LogP contribution in [0.25, 0.3) is 0 Å². The molecule has 1 aromatic rings. The lowest BCUT2D eigenvalue weighted by Crippen LogP contribution is -2.06. The van der Waals surface area contributed by atoms with Gasteiger partial charge in [0.1, 0.15) is 0 Å². The quantitative estimate of drug-likeness (QED) is 0.585. The molecule has 0 spiro atoms. The molecule has 0 unspecified atom stereocenters. The van der Waals surface area contributed by atoms with Gasteiger partial charge in [-0.2, -0.15) is 10.2 Å². The van der Waals surface area contributed by atoms with Crippen molar-refractivity contribution in [3.05, 3.63) is 34.7 Å². The highest BCUT2D eigenvalue weighted by Gasteiger charge is 2.11. The van der Waals surface area contributed by atoms with E-state index < -0.39 is 0 Å². The molecule has 1 heterocycles. The summed E-state index contributed by atoms with van der Waals surface area (Å²) in [5, 5.41) is 8.37. The van der Waals surface area contributed by atoms with Gasteiger partial charge in [-0.05, 0) is 50.7 Å². The predicted molar refractivity (Wildman–Crippen MR) is 57.3 cm³/mol. The summed E-state index contributed by atoms with van der Waals surface area (Å²) in [6, 6.07) is 0. The van der Waals surface area contributed by atoms with E-state index in [0.29, 0.717) is 0 Å². The molecule has 0 saturated heterocycles. The summed E-state index contributed by atoms with van der Waals surface area (Å²) >= 11 is 0. The number of aromatic nitrogens is 2. The maximum Gasteiger partial charge on any atom is 0.0638 e. The van der Waals surface area contributed by atoms with Gasteiger partial charge in [0.25, 0.3) is 0 Å². The minimum absolute atomic E-state index is 1.03. The molecule has 1 aromatic heterocycles. The summed E-state index contributed by atoms with van der Waals surface area (Å²) in [5.74, 6) is 0. The SMILES string of the molecule is Cc1nnc(C)c2c1C/C=C\CCC2. The van der Waals surface area contributed by atoms with Crippen molar-refractivity contribution in [3.8, 4) is 0 Å². The van der Waals surface area contributed by atoms with Crippen LogP contribution >= 0.6 is 0 Å². The number of fused-ring (bicyclic) bond motifs is 1. The fourth-order valence-corrected chi connectivity index (χ4v) is 2.03. The summed E-state index contributed by atoms with van der Waals surface area (Å²) in [4.78, 5) is 0. The molecule has 0 amide bonds. The molecular formula is C12H16N2. The third-order valence-electron chi connectivity index (χ3n) is 2.87. The number of hydrogen-bond donors (Lipinski definition) is 0. The second kappa shape index (κ2) is 3.91. The van der Waals surface area contributed by atoms with Crippen molar-refractivity contribution in [1.82, 2.24) is 10.2 Å². The molecule has 2 rings (SSSR count). The van der Waals surface area contributed by atoms with E-state index in [4.69, 9.17) is 0 Å². The number of aryl methyl sites for hydroxylation is 2. The summed E-state index contributed by atoms with van der Waals surface area (Å²) in [7, 11) is 0. The van der Waals surface area contributed by atoms with Crippen molar-refractivity contribution in [1.29, 1.82) is 0 Å². The summed E-state index contributed by atoms with van der Waals surface area (Å²) in [6.07, 6.45) is 9.14. The first-order chi connectivity index (χ1) is 6.79. The third-order valence-corrected chi connectivity index (χ3v) is 2.87. The van der Waals surface area contributed by atoms with E-state index in [9.17, 15) is 0 Å². The molecule has 14 heavy (non-hydrogen) atoms. The average molecular weight is 188 g/mol. The Morgan fingerprint density at radius 3 is 2.50 bits per heavy atom. The fraction of sp³-hybridized carbons (Fsp3) is 0.500. The third kappa shape index (κ3) is 1.69. The molecule has 74 valence electrons. The molecule has 1 aliphatic rings. The first-order valence-electron chi connectivity index (χ1n) is 5.25. The van der Waals surface area contributed by atoms with Crippen molar-refractivity contribution >= 4 is 0 Å². The van der Waals surface area contributed by atoms with Crippen LogP contribution in [0.15, 0.2) is 12.2 Å². The van der Waals surface area contributed by atoms with Gasteiger partial charge in [-0.1, -0.05) is 12.2 Å². The van der Waals surface area contributed by atoms with Crippen LogP contribution in [0.5, 0.6) is 0 Å². The van der Waals surface area contributed by atoms with Crippen LogP contribution in [0, 0.1) is 13.8 Å². The van der Waals surface area contributed by atoms with Crippen LogP contribution in [0.4, 0.5) is 0 Å². The fourth-order valence-electron chi connectivity index (χ4n) is 2.03. The molecule has 0 atom stereocenters. The molecule has 0 fully saturated rings. The summed E-state index contributed by atoms with van der Waals surface area (Å²) in [6.45, 7) is 4.12. The number of hydrogen-bond acceptors (Lipinski definition) is 2. The van der Waals surface area contributed by atoms with Crippen LogP contribution in [-0.2, 0) is 12.8 Å². The standard InChI is InChI=1S/C12H16N2/c1-9-11-7-5-3-4-6-8-12(11)10(2)14-13-9/h3,5H,4,6-8H2,1-2H3/b5-3-. The smallest absolute Gasteiger partial charge is 0.0638 e. The maximum absolute atomic E-state index is 4.19. The molecule has 2 heteroatoms. The largest absolute Gasteiger partial charge is 0.155 e. The van der Waals surface area contributed by atoms with Crippen molar-refractivity contribution < 1.29 is 0 Å². The van der Waals surface area contributed by atoms with Crippen molar-refractivity contribution in [2.45, 2.75) is 39.5 Å². The van der Waals surface area contributed by atoms with Gasteiger partial charge in [-0.15, -0.1) is 0 Å². The minimum atomic E-state index is 1.03. The number of rotatable bonds is 0. The zero-order valence-electron chi connectivity index (χ0n) is 8.88. The topological polar surface area (TPSA) is 25.8 Å². The molecule has 0 saturated carbocycles. The van der Waals surface area contributed by atoms with E-state index in [0.717, 1.165) is 24.2 Å². The van der Waals surface area contributed by atoms with Gasteiger partial charge in [-0.25, -0.2) is 0 Å². The van der Waals surface area contributed by atoms with Crippen molar-refractivity contribution in [3.63, 3.8) is 0 Å². The van der Waals surface area contributed by atoms with Crippen LogP contribution < -0.4 is 0 Å². The highest BCUT2D eigenvalue weighted by molar-refractivity contribution is 5.34. The van der Waals surface area contributed by atoms with Gasteiger partial charge in [0.05, 0.1) is 11.4 Å². The Morgan fingerprint density at radius 1 is 1.00 bits per heavy atom. The Kier molecular flexibility index (Phi) is 2.62. The maximum atomic E-state index is 4.19. The average Bonchev–Trinajstić information content (AvgIpc) is 2.11. The lowest BCUT2D eigenvalue weighted by molar-refractivity contribution is 0.780. The van der Waals surface area contributed by atoms with E-state index >= 15 is 0 Å². The molecule has 0 radical (unpaired) electrons. The first-order valence-corrected chi connectivity index (χ1v) is 5.25. The number of allylic oxidation sites excluding steroid dienone is 2. The molecule has 1 aliphatic carbocycles. The van der Waals surface area contributed by atoms with Crippen molar-refractivity contribution in [2.24, 2.45) is 0 Å². The van der Waals surface area contributed by atoms with Crippen LogP contribution in [0.1, 0.15) is 35.4 Å². The zero-order chi connectivity index (χ0) is 9.97. The zero-order valence-corrected chi connectivity index (χ0v) is 8.88. The second-order valence-corrected chi connectivity index (χ2v) is 3.90. The Labute approximate surface area is 85.1 Å². The monoisotopic (exact) mass is 188 g/mol. The molecule has 0 aliphatic heterocycles. The van der Waals surface area contributed by atoms with Crippen LogP contribution in [0.2, 0.25) is 0 Å². The van der Waals surface area contributed by atoms with Crippen LogP contribution in [0.3, 0.4) is 0 Å². The molecule has 0 bridgehead atoms. The Bertz CT molecular complexity index is 367. The van der Waals surface area contributed by atoms with Gasteiger partial charge >= 0.3 is 0 Å². The Morgan fingerprint density at radius 2 is 1.71 bits per heavy atom. The van der Waals surface area contributed by atoms with Crippen molar-refractivity contribution in [2.75, 3.05) is 0 Å². The van der Waals surface area contributed by atoms with E-state index in [-0.39, 0.29) is 0 Å². The molecule has 0 N–H and O–H groups in total. The Hall–Kier alpha value is -1.18. The van der Waals surface area contributed by atoms with Gasteiger partial charge in [0, 0.05) is 0 Å². The molecule has 2 nitrogen and oxygen atoms in total. The van der Waals surface area contributed by atoms with E-state index in [1.807, 2.05) is 0 Å². The predicted octanol–water partition coefficient (Wildman–Crippen LogP) is 2.53. The highest BCUT2D eigenvalue weighted by Crippen LogP contribution is 2.20. The normalized spacial score (nSPS) is 18.1. The van der Waals surface area contributed by atoms with E-state index in [2.05, 4.69) is 36.2 Å². The number of nitrogens with zero attached hydrogens (tertiary/aromatic N) is 2. The lowest BCUT2D eigenvalue weighted by Gasteiger charge is -2.13. The second-order valence-electron chi connectivity index (χ2n) is 3.90. The summed E-state index contributed by atoms with van der Waals surface area (Å²) < 4.78 is 0. The van der Waals surface area contributed by atoms with Gasteiger partial charge in [0.2, 0.25) is 0 Å².